The van der Waals surface area contributed by atoms with Gasteiger partial charge in [0.25, 0.3) is 5.91 Å². The largest absolute Gasteiger partial charge is 0.460 e. The van der Waals surface area contributed by atoms with E-state index in [2.05, 4.69) is 29.6 Å². The fourth-order valence-electron chi connectivity index (χ4n) is 4.13. The molecule has 1 N–H and O–H groups in total. The quantitative estimate of drug-likeness (QED) is 0.298. The molecule has 0 atom stereocenters. The van der Waals surface area contributed by atoms with Gasteiger partial charge in [-0.25, -0.2) is 9.97 Å². The van der Waals surface area contributed by atoms with Crippen LogP contribution in [0.15, 0.2) is 94.7 Å². The second kappa shape index (κ2) is 8.24. The van der Waals surface area contributed by atoms with Crippen molar-refractivity contribution in [2.75, 3.05) is 5.32 Å². The summed E-state index contributed by atoms with van der Waals surface area (Å²) in [5.74, 6) is 1.19. The first kappa shape index (κ1) is 20.3. The van der Waals surface area contributed by atoms with Crippen LogP contribution in [0.2, 0.25) is 0 Å². The number of anilines is 1. The predicted octanol–water partition coefficient (Wildman–Crippen LogP) is 7.33. The Labute approximate surface area is 199 Å². The Hall–Kier alpha value is -4.29. The standard InChI is InChI=1S/C28H19N3O2S/c1-17-13-14-26(33-17)24-15-22(21-10-4-5-12-23(21)29-24)27(32)31-28-30-25(16-34-28)20-11-6-8-18-7-2-3-9-19(18)20/h2-16H,1H3,(H,30,31,32). The molecule has 5 nitrogen and oxygen atoms in total. The fraction of sp³-hybridized carbons (Fsp3) is 0.0357. The van der Waals surface area contributed by atoms with Gasteiger partial charge in [-0.1, -0.05) is 60.7 Å². The number of benzene rings is 3. The summed E-state index contributed by atoms with van der Waals surface area (Å²) in [6.45, 7) is 1.88. The molecule has 6 heteroatoms. The van der Waals surface area contributed by atoms with Crippen molar-refractivity contribution in [1.82, 2.24) is 9.97 Å². The van der Waals surface area contributed by atoms with Crippen LogP contribution >= 0.6 is 11.3 Å². The summed E-state index contributed by atoms with van der Waals surface area (Å²) in [7, 11) is 0. The molecule has 0 aliphatic rings. The molecule has 34 heavy (non-hydrogen) atoms. The van der Waals surface area contributed by atoms with E-state index >= 15 is 0 Å². The molecule has 1 amide bonds. The van der Waals surface area contributed by atoms with Gasteiger partial charge in [0.2, 0.25) is 0 Å². The van der Waals surface area contributed by atoms with Crippen molar-refractivity contribution in [3.8, 4) is 22.7 Å². The number of fused-ring (bicyclic) bond motifs is 2. The van der Waals surface area contributed by atoms with Crippen molar-refractivity contribution in [2.45, 2.75) is 6.92 Å². The second-order valence-electron chi connectivity index (χ2n) is 8.00. The lowest BCUT2D eigenvalue weighted by atomic mass is 10.0. The van der Waals surface area contributed by atoms with Crippen molar-refractivity contribution >= 4 is 44.1 Å². The summed E-state index contributed by atoms with van der Waals surface area (Å²) in [4.78, 5) is 22.8. The number of furan rings is 1. The number of aryl methyl sites for hydroxylation is 1. The molecule has 0 unspecified atom stereocenters. The van der Waals surface area contributed by atoms with E-state index in [1.807, 2.05) is 66.9 Å². The fourth-order valence-corrected chi connectivity index (χ4v) is 4.84. The molecule has 3 aromatic heterocycles. The van der Waals surface area contributed by atoms with Crippen molar-refractivity contribution < 1.29 is 9.21 Å². The highest BCUT2D eigenvalue weighted by atomic mass is 32.1. The number of nitrogens with zero attached hydrogens (tertiary/aromatic N) is 2. The highest BCUT2D eigenvalue weighted by molar-refractivity contribution is 7.14. The molecule has 3 heterocycles. The molecular formula is C28H19N3O2S. The van der Waals surface area contributed by atoms with E-state index in [1.54, 1.807) is 6.07 Å². The molecule has 0 fully saturated rings. The Morgan fingerprint density at radius 2 is 1.65 bits per heavy atom. The first-order chi connectivity index (χ1) is 16.7. The van der Waals surface area contributed by atoms with Crippen LogP contribution in [0, 0.1) is 6.92 Å². The Morgan fingerprint density at radius 3 is 2.50 bits per heavy atom. The number of pyridine rings is 1. The van der Waals surface area contributed by atoms with Gasteiger partial charge in [0.1, 0.15) is 11.5 Å². The van der Waals surface area contributed by atoms with E-state index in [0.717, 1.165) is 38.7 Å². The van der Waals surface area contributed by atoms with E-state index in [4.69, 9.17) is 14.4 Å². The van der Waals surface area contributed by atoms with Gasteiger partial charge >= 0.3 is 0 Å². The summed E-state index contributed by atoms with van der Waals surface area (Å²) in [6, 6.07) is 27.5. The molecule has 0 aliphatic heterocycles. The number of amides is 1. The lowest BCUT2D eigenvalue weighted by Crippen LogP contribution is -2.13. The summed E-state index contributed by atoms with van der Waals surface area (Å²) < 4.78 is 5.75. The van der Waals surface area contributed by atoms with E-state index in [0.29, 0.717) is 22.1 Å². The van der Waals surface area contributed by atoms with Crippen LogP contribution in [0.3, 0.4) is 0 Å². The number of nitrogens with one attached hydrogen (secondary N) is 1. The zero-order chi connectivity index (χ0) is 23.1. The normalized spacial score (nSPS) is 11.2. The highest BCUT2D eigenvalue weighted by Gasteiger charge is 2.17. The predicted molar refractivity (Wildman–Crippen MR) is 137 cm³/mol. The minimum atomic E-state index is -0.234. The van der Waals surface area contributed by atoms with Crippen molar-refractivity contribution in [3.63, 3.8) is 0 Å². The maximum absolute atomic E-state index is 13.4. The molecule has 0 spiro atoms. The maximum atomic E-state index is 13.4. The summed E-state index contributed by atoms with van der Waals surface area (Å²) >= 11 is 1.41. The number of hydrogen-bond acceptors (Lipinski definition) is 5. The monoisotopic (exact) mass is 461 g/mol. The minimum Gasteiger partial charge on any atom is -0.460 e. The Bertz CT molecular complexity index is 1680. The molecule has 0 saturated heterocycles. The van der Waals surface area contributed by atoms with Crippen LogP contribution in [0.25, 0.3) is 44.4 Å². The molecule has 0 radical (unpaired) electrons. The number of rotatable bonds is 4. The van der Waals surface area contributed by atoms with E-state index in [-0.39, 0.29) is 5.91 Å². The number of hydrogen-bond donors (Lipinski definition) is 1. The van der Waals surface area contributed by atoms with Gasteiger partial charge in [0, 0.05) is 16.3 Å². The van der Waals surface area contributed by atoms with Crippen molar-refractivity contribution in [3.05, 3.63) is 102 Å². The summed E-state index contributed by atoms with van der Waals surface area (Å²) in [6.07, 6.45) is 0. The van der Waals surface area contributed by atoms with Crippen LogP contribution in [0.5, 0.6) is 0 Å². The second-order valence-corrected chi connectivity index (χ2v) is 8.86. The Balaban J connectivity index is 1.36. The molecule has 0 bridgehead atoms. The molecule has 164 valence electrons. The van der Waals surface area contributed by atoms with Gasteiger partial charge in [0.15, 0.2) is 10.9 Å². The van der Waals surface area contributed by atoms with Crippen LogP contribution in [-0.2, 0) is 0 Å². The minimum absolute atomic E-state index is 0.234. The SMILES string of the molecule is Cc1ccc(-c2cc(C(=O)Nc3nc(-c4cccc5ccccc45)cs3)c3ccccc3n2)o1. The van der Waals surface area contributed by atoms with Crippen LogP contribution in [0.4, 0.5) is 5.13 Å². The van der Waals surface area contributed by atoms with Crippen LogP contribution in [0.1, 0.15) is 16.1 Å². The Morgan fingerprint density at radius 1 is 0.853 bits per heavy atom. The third kappa shape index (κ3) is 3.64. The molecule has 0 aliphatic carbocycles. The average molecular weight is 462 g/mol. The van der Waals surface area contributed by atoms with Gasteiger partial charge in [-0.3, -0.25) is 10.1 Å². The van der Waals surface area contributed by atoms with Gasteiger partial charge in [-0.2, -0.15) is 0 Å². The third-order valence-corrected chi connectivity index (χ3v) is 6.50. The topological polar surface area (TPSA) is 68.0 Å². The number of para-hydroxylation sites is 1. The van der Waals surface area contributed by atoms with Crippen LogP contribution < -0.4 is 5.32 Å². The van der Waals surface area contributed by atoms with Crippen molar-refractivity contribution in [1.29, 1.82) is 0 Å². The average Bonchev–Trinajstić information content (AvgIpc) is 3.52. The zero-order valence-corrected chi connectivity index (χ0v) is 19.1. The van der Waals surface area contributed by atoms with Crippen molar-refractivity contribution in [2.24, 2.45) is 0 Å². The maximum Gasteiger partial charge on any atom is 0.258 e. The number of carbonyl (C=O) groups is 1. The van der Waals surface area contributed by atoms with Gasteiger partial charge < -0.3 is 4.42 Å². The summed E-state index contributed by atoms with van der Waals surface area (Å²) in [5.41, 5.74) is 3.75. The first-order valence-electron chi connectivity index (χ1n) is 10.9. The Kier molecular flexibility index (Phi) is 4.93. The number of aromatic nitrogens is 2. The van der Waals surface area contributed by atoms with E-state index < -0.39 is 0 Å². The third-order valence-electron chi connectivity index (χ3n) is 5.74. The lowest BCUT2D eigenvalue weighted by Gasteiger charge is -2.08. The molecule has 6 aromatic rings. The summed E-state index contributed by atoms with van der Waals surface area (Å²) in [5, 5.41) is 8.56. The molecular weight excluding hydrogens is 442 g/mol. The number of carbonyl (C=O) groups excluding carboxylic acids is 1. The van der Waals surface area contributed by atoms with Crippen LogP contribution in [-0.4, -0.2) is 15.9 Å². The van der Waals surface area contributed by atoms with Gasteiger partial charge in [-0.05, 0) is 42.0 Å². The number of thiazole rings is 1. The van der Waals surface area contributed by atoms with E-state index in [1.165, 1.54) is 11.3 Å². The smallest absolute Gasteiger partial charge is 0.258 e. The molecule has 0 saturated carbocycles. The van der Waals surface area contributed by atoms with Gasteiger partial charge in [0.05, 0.1) is 16.8 Å². The van der Waals surface area contributed by atoms with Gasteiger partial charge in [-0.15, -0.1) is 11.3 Å². The zero-order valence-electron chi connectivity index (χ0n) is 18.3. The van der Waals surface area contributed by atoms with E-state index in [9.17, 15) is 4.79 Å². The highest BCUT2D eigenvalue weighted by Crippen LogP contribution is 2.32. The molecule has 6 rings (SSSR count). The molecule has 3 aromatic carbocycles. The lowest BCUT2D eigenvalue weighted by molar-refractivity contribution is 0.102. The first-order valence-corrected chi connectivity index (χ1v) is 11.8.